The third-order valence-corrected chi connectivity index (χ3v) is 6.09. The summed E-state index contributed by atoms with van der Waals surface area (Å²) in [6, 6.07) is 18.6. The lowest BCUT2D eigenvalue weighted by atomic mass is 10.1. The summed E-state index contributed by atoms with van der Waals surface area (Å²) in [5.41, 5.74) is 2.80. The number of fused-ring (bicyclic) bond motifs is 2. The van der Waals surface area contributed by atoms with E-state index < -0.39 is 0 Å². The molecule has 0 spiro atoms. The highest BCUT2D eigenvalue weighted by Crippen LogP contribution is 2.39. The van der Waals surface area contributed by atoms with Crippen molar-refractivity contribution in [2.24, 2.45) is 4.99 Å². The Morgan fingerprint density at radius 1 is 0.912 bits per heavy atom. The number of amides is 1. The number of anilines is 1. The van der Waals surface area contributed by atoms with Gasteiger partial charge in [-0.05, 0) is 67.8 Å². The van der Waals surface area contributed by atoms with E-state index in [4.69, 9.17) is 19.2 Å². The molecule has 0 saturated carbocycles. The van der Waals surface area contributed by atoms with Gasteiger partial charge in [0.1, 0.15) is 17.3 Å². The van der Waals surface area contributed by atoms with Crippen LogP contribution in [-0.2, 0) is 0 Å². The van der Waals surface area contributed by atoms with Crippen molar-refractivity contribution in [1.29, 1.82) is 0 Å². The number of aliphatic imine (C=N–C) groups is 1. The number of benzene rings is 3. The van der Waals surface area contributed by atoms with Crippen molar-refractivity contribution < 1.29 is 19.0 Å². The molecule has 174 valence electrons. The third kappa shape index (κ3) is 4.29. The average molecular weight is 458 g/mol. The fraction of sp³-hybridized carbons (Fsp3) is 0.259. The fourth-order valence-electron chi connectivity index (χ4n) is 4.33. The van der Waals surface area contributed by atoms with Crippen LogP contribution in [0.5, 0.6) is 23.0 Å². The number of piperidine rings is 1. The van der Waals surface area contributed by atoms with Crippen LogP contribution >= 0.6 is 0 Å². The molecular weight excluding hydrogens is 430 g/mol. The number of rotatable bonds is 4. The first-order valence-electron chi connectivity index (χ1n) is 11.4. The molecule has 1 amide bonds. The molecule has 5 rings (SSSR count). The van der Waals surface area contributed by atoms with Gasteiger partial charge in [-0.15, -0.1) is 0 Å². The fourth-order valence-corrected chi connectivity index (χ4v) is 4.33. The number of carbonyl (C=O) groups is 1. The van der Waals surface area contributed by atoms with E-state index in [1.807, 2.05) is 42.5 Å². The number of amidine groups is 1. The Morgan fingerprint density at radius 3 is 2.50 bits per heavy atom. The van der Waals surface area contributed by atoms with E-state index in [1.165, 1.54) is 6.42 Å². The van der Waals surface area contributed by atoms with Gasteiger partial charge in [0.15, 0.2) is 17.2 Å². The van der Waals surface area contributed by atoms with Crippen LogP contribution in [0.4, 0.5) is 11.4 Å². The van der Waals surface area contributed by atoms with E-state index >= 15 is 0 Å². The molecule has 2 aliphatic heterocycles. The number of ether oxygens (including phenoxy) is 3. The minimum atomic E-state index is -0.241. The van der Waals surface area contributed by atoms with Crippen molar-refractivity contribution in [3.05, 3.63) is 71.8 Å². The normalized spacial score (nSPS) is 14.6. The summed E-state index contributed by atoms with van der Waals surface area (Å²) in [5.74, 6) is 3.15. The molecule has 0 radical (unpaired) electrons. The van der Waals surface area contributed by atoms with Crippen molar-refractivity contribution in [1.82, 2.24) is 4.90 Å². The van der Waals surface area contributed by atoms with E-state index in [-0.39, 0.29) is 5.91 Å². The number of hydrogen-bond donors (Lipinski definition) is 1. The maximum atomic E-state index is 13.0. The highest BCUT2D eigenvalue weighted by atomic mass is 16.5. The standard InChI is InChI=1S/C27H27N3O4/c1-32-24-12-10-18(16-25(24)33-2)27(31)28-19-11-13-22-20(17-19)26(30-14-6-3-7-15-30)29-21-8-4-5-9-23(21)34-22/h4-5,8-13,16-17H,3,6-7,14-15H2,1-2H3,(H,28,31). The number of carbonyl (C=O) groups excluding carboxylic acids is 1. The Labute approximate surface area is 199 Å². The quantitative estimate of drug-likeness (QED) is 0.550. The number of likely N-dealkylation sites (tertiary alicyclic amines) is 1. The van der Waals surface area contributed by atoms with Crippen LogP contribution in [0.3, 0.4) is 0 Å². The summed E-state index contributed by atoms with van der Waals surface area (Å²) in [4.78, 5) is 20.3. The van der Waals surface area contributed by atoms with Gasteiger partial charge < -0.3 is 24.4 Å². The number of nitrogens with one attached hydrogen (secondary N) is 1. The van der Waals surface area contributed by atoms with Crippen molar-refractivity contribution in [2.75, 3.05) is 32.6 Å². The van der Waals surface area contributed by atoms with Gasteiger partial charge in [0.2, 0.25) is 0 Å². The summed E-state index contributed by atoms with van der Waals surface area (Å²) in [5, 5.41) is 3.00. The molecule has 0 bridgehead atoms. The molecule has 0 atom stereocenters. The summed E-state index contributed by atoms with van der Waals surface area (Å²) in [6.07, 6.45) is 3.49. The van der Waals surface area contributed by atoms with Crippen molar-refractivity contribution in [3.8, 4) is 23.0 Å². The van der Waals surface area contributed by atoms with Crippen LogP contribution in [0.1, 0.15) is 35.2 Å². The van der Waals surface area contributed by atoms with Gasteiger partial charge >= 0.3 is 0 Å². The number of methoxy groups -OCH3 is 2. The third-order valence-electron chi connectivity index (χ3n) is 6.09. The van der Waals surface area contributed by atoms with Gasteiger partial charge in [-0.2, -0.15) is 0 Å². The van der Waals surface area contributed by atoms with E-state index in [9.17, 15) is 4.79 Å². The molecule has 0 unspecified atom stereocenters. The molecule has 7 nitrogen and oxygen atoms in total. The predicted molar refractivity (Wildman–Crippen MR) is 132 cm³/mol. The Balaban J connectivity index is 1.49. The molecule has 2 heterocycles. The zero-order valence-electron chi connectivity index (χ0n) is 19.3. The van der Waals surface area contributed by atoms with E-state index in [1.54, 1.807) is 32.4 Å². The van der Waals surface area contributed by atoms with Crippen molar-refractivity contribution >= 4 is 23.1 Å². The smallest absolute Gasteiger partial charge is 0.255 e. The molecular formula is C27H27N3O4. The predicted octanol–water partition coefficient (Wildman–Crippen LogP) is 5.63. The molecule has 7 heteroatoms. The number of hydrogen-bond acceptors (Lipinski definition) is 6. The van der Waals surface area contributed by atoms with E-state index in [0.29, 0.717) is 22.7 Å². The van der Waals surface area contributed by atoms with Crippen LogP contribution in [0.15, 0.2) is 65.7 Å². The maximum Gasteiger partial charge on any atom is 0.255 e. The van der Waals surface area contributed by atoms with E-state index in [0.717, 1.165) is 54.5 Å². The van der Waals surface area contributed by atoms with Gasteiger partial charge in [0, 0.05) is 24.3 Å². The molecule has 0 aliphatic carbocycles. The Morgan fingerprint density at radius 2 is 1.71 bits per heavy atom. The van der Waals surface area contributed by atoms with Gasteiger partial charge in [-0.1, -0.05) is 12.1 Å². The highest BCUT2D eigenvalue weighted by molar-refractivity contribution is 6.07. The van der Waals surface area contributed by atoms with Gasteiger partial charge in [0.25, 0.3) is 5.91 Å². The zero-order chi connectivity index (χ0) is 23.5. The Hall–Kier alpha value is -4.00. The van der Waals surface area contributed by atoms with Crippen LogP contribution in [0, 0.1) is 0 Å². The van der Waals surface area contributed by atoms with Crippen molar-refractivity contribution in [2.45, 2.75) is 19.3 Å². The van der Waals surface area contributed by atoms with Crippen LogP contribution in [0.25, 0.3) is 0 Å². The average Bonchev–Trinajstić information content (AvgIpc) is 3.05. The highest BCUT2D eigenvalue weighted by Gasteiger charge is 2.24. The lowest BCUT2D eigenvalue weighted by Gasteiger charge is -2.30. The van der Waals surface area contributed by atoms with Gasteiger partial charge in [-0.3, -0.25) is 4.79 Å². The first kappa shape index (κ1) is 21.8. The lowest BCUT2D eigenvalue weighted by molar-refractivity contribution is 0.102. The zero-order valence-corrected chi connectivity index (χ0v) is 19.3. The molecule has 0 aromatic heterocycles. The summed E-state index contributed by atoms with van der Waals surface area (Å²) in [6.45, 7) is 1.89. The second-order valence-electron chi connectivity index (χ2n) is 8.29. The number of para-hydroxylation sites is 2. The number of nitrogens with zero attached hydrogens (tertiary/aromatic N) is 2. The van der Waals surface area contributed by atoms with Gasteiger partial charge in [-0.25, -0.2) is 4.99 Å². The second-order valence-corrected chi connectivity index (χ2v) is 8.29. The summed E-state index contributed by atoms with van der Waals surface area (Å²) >= 11 is 0. The molecule has 3 aromatic rings. The summed E-state index contributed by atoms with van der Waals surface area (Å²) < 4.78 is 16.8. The van der Waals surface area contributed by atoms with Crippen LogP contribution in [0.2, 0.25) is 0 Å². The molecule has 1 fully saturated rings. The lowest BCUT2D eigenvalue weighted by Crippen LogP contribution is -2.36. The molecule has 1 saturated heterocycles. The first-order valence-corrected chi connectivity index (χ1v) is 11.4. The Kier molecular flexibility index (Phi) is 6.08. The summed E-state index contributed by atoms with van der Waals surface area (Å²) in [7, 11) is 3.11. The molecule has 3 aromatic carbocycles. The van der Waals surface area contributed by atoms with E-state index in [2.05, 4.69) is 10.2 Å². The SMILES string of the molecule is COc1ccc(C(=O)Nc2ccc3c(c2)C(N2CCCCC2)=Nc2ccccc2O3)cc1OC. The second kappa shape index (κ2) is 9.47. The topological polar surface area (TPSA) is 72.4 Å². The van der Waals surface area contributed by atoms with Crippen LogP contribution < -0.4 is 19.5 Å². The first-order chi connectivity index (χ1) is 16.7. The molecule has 1 N–H and O–H groups in total. The Bertz CT molecular complexity index is 1250. The van der Waals surface area contributed by atoms with Crippen molar-refractivity contribution in [3.63, 3.8) is 0 Å². The maximum absolute atomic E-state index is 13.0. The van der Waals surface area contributed by atoms with Crippen LogP contribution in [-0.4, -0.2) is 44.0 Å². The van der Waals surface area contributed by atoms with Gasteiger partial charge in [0.05, 0.1) is 19.8 Å². The molecule has 2 aliphatic rings. The molecule has 34 heavy (non-hydrogen) atoms. The largest absolute Gasteiger partial charge is 0.493 e. The minimum absolute atomic E-state index is 0.241. The minimum Gasteiger partial charge on any atom is -0.493 e. The monoisotopic (exact) mass is 457 g/mol.